The molecule has 0 aromatic rings. The van der Waals surface area contributed by atoms with E-state index >= 15 is 0 Å². The molecule has 2 heterocycles. The van der Waals surface area contributed by atoms with Gasteiger partial charge in [-0.3, -0.25) is 9.59 Å². The number of amides is 2. The maximum atomic E-state index is 13.1. The fourth-order valence-electron chi connectivity index (χ4n) is 4.38. The Morgan fingerprint density at radius 2 is 1.85 bits per heavy atom. The van der Waals surface area contributed by atoms with Crippen molar-refractivity contribution >= 4 is 11.8 Å². The molecule has 0 aromatic carbocycles. The molecule has 3 rings (SSSR count). The third-order valence-corrected chi connectivity index (χ3v) is 5.87. The number of aliphatic hydroxyl groups is 1. The van der Waals surface area contributed by atoms with Crippen molar-refractivity contribution in [2.45, 2.75) is 69.3 Å². The number of β-amino-alcohol motifs (C(OH)–C–C–N with tert-alkyl or cyclic N) is 1. The van der Waals surface area contributed by atoms with Gasteiger partial charge < -0.3 is 24.4 Å². The van der Waals surface area contributed by atoms with Gasteiger partial charge in [0.15, 0.2) is 0 Å². The van der Waals surface area contributed by atoms with E-state index in [2.05, 4.69) is 0 Å². The summed E-state index contributed by atoms with van der Waals surface area (Å²) in [5.74, 6) is 0.288. The minimum Gasteiger partial charge on any atom is -0.389 e. The van der Waals surface area contributed by atoms with E-state index in [0.717, 1.165) is 38.5 Å². The summed E-state index contributed by atoms with van der Waals surface area (Å²) in [4.78, 5) is 28.5. The summed E-state index contributed by atoms with van der Waals surface area (Å²) in [6.07, 6.45) is 4.95. The minimum atomic E-state index is -0.658. The smallest absolute Gasteiger partial charge is 0.226 e. The number of ether oxygens (including phenoxy) is 2. The van der Waals surface area contributed by atoms with Crippen molar-refractivity contribution in [3.05, 3.63) is 0 Å². The SMILES string of the molecule is CN(C)C(=O)C[C@H]1CC[C@H]2[C@@H](COC[C@H](O)CN2C(=O)C2CCCC2)O1. The number of fused-ring (bicyclic) bond motifs is 1. The van der Waals surface area contributed by atoms with Gasteiger partial charge in [0.25, 0.3) is 0 Å². The topological polar surface area (TPSA) is 79.3 Å². The number of aliphatic hydroxyl groups excluding tert-OH is 1. The zero-order valence-electron chi connectivity index (χ0n) is 15.9. The molecule has 1 aliphatic carbocycles. The van der Waals surface area contributed by atoms with Gasteiger partial charge >= 0.3 is 0 Å². The molecule has 26 heavy (non-hydrogen) atoms. The molecule has 0 aromatic heterocycles. The first-order chi connectivity index (χ1) is 12.5. The van der Waals surface area contributed by atoms with Crippen LogP contribution in [0.5, 0.6) is 0 Å². The molecule has 0 spiro atoms. The quantitative estimate of drug-likeness (QED) is 0.797. The van der Waals surface area contributed by atoms with Crippen LogP contribution in [0.25, 0.3) is 0 Å². The molecule has 7 heteroatoms. The number of rotatable bonds is 3. The van der Waals surface area contributed by atoms with Gasteiger partial charge in [-0.25, -0.2) is 0 Å². The van der Waals surface area contributed by atoms with E-state index in [1.54, 1.807) is 19.0 Å². The highest BCUT2D eigenvalue weighted by atomic mass is 16.5. The van der Waals surface area contributed by atoms with E-state index in [1.165, 1.54) is 0 Å². The van der Waals surface area contributed by atoms with Crippen molar-refractivity contribution < 1.29 is 24.2 Å². The molecule has 2 saturated heterocycles. The predicted octanol–water partition coefficient (Wildman–Crippen LogP) is 0.791. The van der Waals surface area contributed by atoms with Gasteiger partial charge in [-0.2, -0.15) is 0 Å². The van der Waals surface area contributed by atoms with Crippen LogP contribution in [-0.2, 0) is 19.1 Å². The molecular weight excluding hydrogens is 336 g/mol. The van der Waals surface area contributed by atoms with Gasteiger partial charge in [-0.1, -0.05) is 12.8 Å². The molecule has 0 radical (unpaired) electrons. The van der Waals surface area contributed by atoms with E-state index in [0.29, 0.717) is 19.6 Å². The highest BCUT2D eigenvalue weighted by Crippen LogP contribution is 2.32. The van der Waals surface area contributed by atoms with E-state index in [4.69, 9.17) is 9.47 Å². The second-order valence-corrected chi connectivity index (χ2v) is 8.10. The molecule has 7 nitrogen and oxygen atoms in total. The van der Waals surface area contributed by atoms with Crippen LogP contribution in [0.4, 0.5) is 0 Å². The first-order valence-electron chi connectivity index (χ1n) is 9.87. The van der Waals surface area contributed by atoms with Crippen molar-refractivity contribution in [3.63, 3.8) is 0 Å². The molecule has 3 fully saturated rings. The van der Waals surface area contributed by atoms with Gasteiger partial charge in [0.2, 0.25) is 11.8 Å². The monoisotopic (exact) mass is 368 g/mol. The summed E-state index contributed by atoms with van der Waals surface area (Å²) in [5.41, 5.74) is 0. The molecule has 0 unspecified atom stereocenters. The Kier molecular flexibility index (Phi) is 6.53. The van der Waals surface area contributed by atoms with Crippen LogP contribution in [0.15, 0.2) is 0 Å². The molecule has 2 aliphatic heterocycles. The lowest BCUT2D eigenvalue weighted by molar-refractivity contribution is -0.172. The summed E-state index contributed by atoms with van der Waals surface area (Å²) >= 11 is 0. The average molecular weight is 368 g/mol. The van der Waals surface area contributed by atoms with Gasteiger partial charge in [0.05, 0.1) is 37.9 Å². The Morgan fingerprint density at radius 3 is 2.54 bits per heavy atom. The Labute approximate surface area is 155 Å². The standard InChI is InChI=1S/C19H32N2O5/c1-20(2)18(23)9-15-7-8-16-17(26-15)12-25-11-14(22)10-21(16)19(24)13-5-3-4-6-13/h13-17,22H,3-12H2,1-2H3/t14-,15-,16+,17-/m1/s1. The van der Waals surface area contributed by atoms with Crippen LogP contribution >= 0.6 is 0 Å². The van der Waals surface area contributed by atoms with Crippen LogP contribution in [0.1, 0.15) is 44.9 Å². The van der Waals surface area contributed by atoms with Gasteiger partial charge in [-0.15, -0.1) is 0 Å². The lowest BCUT2D eigenvalue weighted by atomic mass is 9.93. The van der Waals surface area contributed by atoms with Gasteiger partial charge in [-0.05, 0) is 25.7 Å². The van der Waals surface area contributed by atoms with Crippen LogP contribution in [0.3, 0.4) is 0 Å². The van der Waals surface area contributed by atoms with E-state index < -0.39 is 6.10 Å². The maximum absolute atomic E-state index is 13.1. The number of hydrogen-bond donors (Lipinski definition) is 1. The molecule has 1 N–H and O–H groups in total. The van der Waals surface area contributed by atoms with Gasteiger partial charge in [0.1, 0.15) is 6.10 Å². The Bertz CT molecular complexity index is 506. The summed E-state index contributed by atoms with van der Waals surface area (Å²) in [7, 11) is 3.49. The summed E-state index contributed by atoms with van der Waals surface area (Å²) in [6.45, 7) is 0.867. The van der Waals surface area contributed by atoms with Gasteiger partial charge in [0, 0.05) is 26.6 Å². The Hall–Kier alpha value is -1.18. The fraction of sp³-hybridized carbons (Fsp3) is 0.895. The number of nitrogens with zero attached hydrogens (tertiary/aromatic N) is 2. The molecule has 148 valence electrons. The van der Waals surface area contributed by atoms with Crippen LogP contribution in [-0.4, -0.2) is 84.9 Å². The van der Waals surface area contributed by atoms with Crippen molar-refractivity contribution in [1.82, 2.24) is 9.80 Å². The molecule has 4 atom stereocenters. The van der Waals surface area contributed by atoms with Crippen LogP contribution in [0.2, 0.25) is 0 Å². The zero-order valence-corrected chi connectivity index (χ0v) is 15.9. The lowest BCUT2D eigenvalue weighted by Gasteiger charge is -2.45. The molecular formula is C19H32N2O5. The third kappa shape index (κ3) is 4.56. The second-order valence-electron chi connectivity index (χ2n) is 8.10. The zero-order chi connectivity index (χ0) is 18.7. The minimum absolute atomic E-state index is 0.0505. The summed E-state index contributed by atoms with van der Waals surface area (Å²) in [5, 5.41) is 10.2. The molecule has 0 bridgehead atoms. The lowest BCUT2D eigenvalue weighted by Crippen LogP contribution is -2.58. The molecule has 1 saturated carbocycles. The Balaban J connectivity index is 1.69. The van der Waals surface area contributed by atoms with Crippen molar-refractivity contribution in [2.75, 3.05) is 33.9 Å². The normalized spacial score (nSPS) is 33.3. The number of carbonyl (C=O) groups is 2. The number of hydrogen-bond acceptors (Lipinski definition) is 5. The largest absolute Gasteiger partial charge is 0.389 e. The average Bonchev–Trinajstić information content (AvgIpc) is 3.12. The molecule has 2 amide bonds. The second kappa shape index (κ2) is 8.67. The van der Waals surface area contributed by atoms with Crippen LogP contribution in [0, 0.1) is 5.92 Å². The summed E-state index contributed by atoms with van der Waals surface area (Å²) < 4.78 is 11.8. The highest BCUT2D eigenvalue weighted by Gasteiger charge is 2.41. The van der Waals surface area contributed by atoms with Crippen molar-refractivity contribution in [3.8, 4) is 0 Å². The fourth-order valence-corrected chi connectivity index (χ4v) is 4.38. The van der Waals surface area contributed by atoms with E-state index in [1.807, 2.05) is 4.90 Å². The van der Waals surface area contributed by atoms with Crippen LogP contribution < -0.4 is 0 Å². The maximum Gasteiger partial charge on any atom is 0.226 e. The third-order valence-electron chi connectivity index (χ3n) is 5.87. The van der Waals surface area contributed by atoms with Crippen molar-refractivity contribution in [2.24, 2.45) is 5.92 Å². The van der Waals surface area contributed by atoms with E-state index in [9.17, 15) is 14.7 Å². The number of carbonyl (C=O) groups excluding carboxylic acids is 2. The first-order valence-corrected chi connectivity index (χ1v) is 9.87. The highest BCUT2D eigenvalue weighted by molar-refractivity contribution is 5.79. The van der Waals surface area contributed by atoms with E-state index in [-0.39, 0.29) is 42.6 Å². The van der Waals surface area contributed by atoms with Crippen molar-refractivity contribution in [1.29, 1.82) is 0 Å². The molecule has 3 aliphatic rings. The predicted molar refractivity (Wildman–Crippen MR) is 95.5 cm³/mol. The Morgan fingerprint density at radius 1 is 1.12 bits per heavy atom. The first kappa shape index (κ1) is 19.6. The summed E-state index contributed by atoms with van der Waals surface area (Å²) in [6, 6.07) is -0.0799.